The zero-order chi connectivity index (χ0) is 8.36. The third kappa shape index (κ3) is 3.06. The van der Waals surface area contributed by atoms with Gasteiger partial charge in [0, 0.05) is 0 Å². The molecule has 0 bridgehead atoms. The van der Waals surface area contributed by atoms with Crippen molar-refractivity contribution in [3.8, 4) is 0 Å². The first-order valence-corrected chi connectivity index (χ1v) is 2.27. The normalized spacial score (nSPS) is 10.8. The van der Waals surface area contributed by atoms with Gasteiger partial charge in [-0.2, -0.15) is 13.2 Å². The number of rotatable bonds is 0. The monoisotopic (exact) mass is 154 g/mol. The molecule has 3 nitrogen and oxygen atoms in total. The van der Waals surface area contributed by atoms with Crippen molar-refractivity contribution in [3.05, 3.63) is 0 Å². The Balaban J connectivity index is 3.99. The van der Waals surface area contributed by atoms with E-state index in [9.17, 15) is 18.0 Å². The Morgan fingerprint density at radius 2 is 1.90 bits per heavy atom. The molecule has 0 aromatic rings. The first-order chi connectivity index (χ1) is 4.34. The summed E-state index contributed by atoms with van der Waals surface area (Å²) in [5, 5.41) is 7.77. The summed E-state index contributed by atoms with van der Waals surface area (Å²) in [5.74, 6) is -2.64. The average molecular weight is 154 g/mol. The second-order valence-corrected chi connectivity index (χ2v) is 1.58. The van der Waals surface area contributed by atoms with Crippen LogP contribution < -0.4 is 5.32 Å². The van der Waals surface area contributed by atoms with E-state index >= 15 is 0 Å². The van der Waals surface area contributed by atoms with E-state index in [2.05, 4.69) is 0 Å². The lowest BCUT2D eigenvalue weighted by atomic mass is 10.5. The van der Waals surface area contributed by atoms with E-state index in [0.29, 0.717) is 0 Å². The maximum atomic E-state index is 11.3. The summed E-state index contributed by atoms with van der Waals surface area (Å²) in [4.78, 5) is 9.90. The lowest BCUT2D eigenvalue weighted by Gasteiger charge is -2.04. The first-order valence-electron chi connectivity index (χ1n) is 2.27. The number of alkyl halides is 3. The summed E-state index contributed by atoms with van der Waals surface area (Å²) in [6.07, 6.45) is -4.90. The highest BCUT2D eigenvalue weighted by molar-refractivity contribution is 5.97. The predicted molar refractivity (Wildman–Crippen MR) is 27.6 cm³/mol. The summed E-state index contributed by atoms with van der Waals surface area (Å²) >= 11 is 0. The van der Waals surface area contributed by atoms with Gasteiger partial charge in [0.1, 0.15) is 0 Å². The fourth-order valence-electron chi connectivity index (χ4n) is 0.241. The van der Waals surface area contributed by atoms with E-state index in [-0.39, 0.29) is 0 Å². The van der Waals surface area contributed by atoms with E-state index < -0.39 is 17.9 Å². The van der Waals surface area contributed by atoms with Gasteiger partial charge in [-0.1, -0.05) is 0 Å². The highest BCUT2D eigenvalue weighted by Gasteiger charge is 2.38. The summed E-state index contributed by atoms with van der Waals surface area (Å²) in [7, 11) is 0. The standard InChI is InChI=1S/C4H5F3N2O/c1-2(8)9-3(10)4(5,6)7/h1H3,(H2,8,9,10). The Hall–Kier alpha value is -1.07. The SMILES string of the molecule is CC(=N)NC(=O)C(F)(F)F. The zero-order valence-electron chi connectivity index (χ0n) is 5.04. The van der Waals surface area contributed by atoms with E-state index in [1.165, 1.54) is 5.32 Å². The number of amides is 1. The Morgan fingerprint density at radius 1 is 1.50 bits per heavy atom. The molecule has 0 saturated heterocycles. The van der Waals surface area contributed by atoms with Crippen molar-refractivity contribution >= 4 is 11.7 Å². The van der Waals surface area contributed by atoms with Gasteiger partial charge in [-0.25, -0.2) is 0 Å². The predicted octanol–water partition coefficient (Wildman–Crippen LogP) is 0.662. The summed E-state index contributed by atoms with van der Waals surface area (Å²) in [6, 6.07) is 0. The Bertz CT molecular complexity index is 162. The molecule has 58 valence electrons. The minimum atomic E-state index is -4.90. The third-order valence-corrected chi connectivity index (χ3v) is 0.558. The summed E-state index contributed by atoms with van der Waals surface area (Å²) in [5.41, 5.74) is 0. The van der Waals surface area contributed by atoms with Gasteiger partial charge < -0.3 is 5.32 Å². The molecule has 1 amide bonds. The molecule has 0 atom stereocenters. The second kappa shape index (κ2) is 2.68. The van der Waals surface area contributed by atoms with Crippen LogP contribution in [0.25, 0.3) is 0 Å². The molecular formula is C4H5F3N2O. The van der Waals surface area contributed by atoms with Gasteiger partial charge in [0.2, 0.25) is 0 Å². The van der Waals surface area contributed by atoms with Crippen LogP contribution in [0, 0.1) is 5.41 Å². The van der Waals surface area contributed by atoms with Gasteiger partial charge in [-0.15, -0.1) is 0 Å². The molecule has 6 heteroatoms. The average Bonchev–Trinajstić information content (AvgIpc) is 1.60. The van der Waals surface area contributed by atoms with Crippen molar-refractivity contribution in [2.24, 2.45) is 0 Å². The van der Waals surface area contributed by atoms with Crippen LogP contribution in [-0.2, 0) is 4.79 Å². The number of hydrogen-bond donors (Lipinski definition) is 2. The van der Waals surface area contributed by atoms with Crippen LogP contribution in [0.3, 0.4) is 0 Å². The Kier molecular flexibility index (Phi) is 2.39. The van der Waals surface area contributed by atoms with E-state index in [1.54, 1.807) is 0 Å². The maximum absolute atomic E-state index is 11.3. The number of amidine groups is 1. The quantitative estimate of drug-likeness (QED) is 0.391. The number of halogens is 3. The number of carbonyl (C=O) groups is 1. The van der Waals surface area contributed by atoms with Crippen LogP contribution in [0.15, 0.2) is 0 Å². The molecule has 0 aliphatic carbocycles. The van der Waals surface area contributed by atoms with Gasteiger partial charge in [-0.05, 0) is 6.92 Å². The smallest absolute Gasteiger partial charge is 0.307 e. The van der Waals surface area contributed by atoms with Crippen molar-refractivity contribution in [2.75, 3.05) is 0 Å². The molecular weight excluding hydrogens is 149 g/mol. The number of hydrogen-bond acceptors (Lipinski definition) is 2. The van der Waals surface area contributed by atoms with Gasteiger partial charge >= 0.3 is 12.1 Å². The maximum Gasteiger partial charge on any atom is 0.471 e. The molecule has 0 fully saturated rings. The fraction of sp³-hybridized carbons (Fsp3) is 0.500. The molecule has 0 unspecified atom stereocenters. The van der Waals surface area contributed by atoms with Gasteiger partial charge in [0.25, 0.3) is 0 Å². The molecule has 0 aliphatic heterocycles. The van der Waals surface area contributed by atoms with Crippen molar-refractivity contribution in [1.82, 2.24) is 5.32 Å². The van der Waals surface area contributed by atoms with Crippen molar-refractivity contribution in [3.63, 3.8) is 0 Å². The molecule has 0 heterocycles. The molecule has 0 saturated carbocycles. The number of carbonyl (C=O) groups excluding carboxylic acids is 1. The molecule has 0 rings (SSSR count). The lowest BCUT2D eigenvalue weighted by Crippen LogP contribution is -2.39. The number of nitrogens with one attached hydrogen (secondary N) is 2. The Morgan fingerprint density at radius 3 is 2.00 bits per heavy atom. The van der Waals surface area contributed by atoms with E-state index in [4.69, 9.17) is 5.41 Å². The van der Waals surface area contributed by atoms with Crippen LogP contribution in [0.1, 0.15) is 6.92 Å². The highest BCUT2D eigenvalue weighted by Crippen LogP contribution is 2.13. The van der Waals surface area contributed by atoms with Gasteiger partial charge in [0.05, 0.1) is 5.84 Å². The minimum Gasteiger partial charge on any atom is -0.307 e. The van der Waals surface area contributed by atoms with E-state index in [0.717, 1.165) is 6.92 Å². The topological polar surface area (TPSA) is 53.0 Å². The first kappa shape index (κ1) is 8.93. The molecule has 0 aliphatic rings. The Labute approximate surface area is 54.7 Å². The highest BCUT2D eigenvalue weighted by atomic mass is 19.4. The minimum absolute atomic E-state index is 0.526. The fourth-order valence-corrected chi connectivity index (χ4v) is 0.241. The van der Waals surface area contributed by atoms with Gasteiger partial charge in [0.15, 0.2) is 0 Å². The van der Waals surface area contributed by atoms with Crippen LogP contribution in [0.4, 0.5) is 13.2 Å². The lowest BCUT2D eigenvalue weighted by molar-refractivity contribution is -0.171. The largest absolute Gasteiger partial charge is 0.471 e. The molecule has 0 spiro atoms. The summed E-state index contributed by atoms with van der Waals surface area (Å²) in [6.45, 7) is 1.05. The molecule has 10 heavy (non-hydrogen) atoms. The summed E-state index contributed by atoms with van der Waals surface area (Å²) < 4.78 is 33.9. The van der Waals surface area contributed by atoms with Crippen LogP contribution >= 0.6 is 0 Å². The van der Waals surface area contributed by atoms with E-state index in [1.807, 2.05) is 0 Å². The van der Waals surface area contributed by atoms with Crippen molar-refractivity contribution in [1.29, 1.82) is 5.41 Å². The molecule has 0 radical (unpaired) electrons. The van der Waals surface area contributed by atoms with Gasteiger partial charge in [-0.3, -0.25) is 10.2 Å². The molecule has 2 N–H and O–H groups in total. The molecule has 0 aromatic carbocycles. The van der Waals surface area contributed by atoms with Crippen molar-refractivity contribution < 1.29 is 18.0 Å². The van der Waals surface area contributed by atoms with Crippen molar-refractivity contribution in [2.45, 2.75) is 13.1 Å². The third-order valence-electron chi connectivity index (χ3n) is 0.558. The van der Waals surface area contributed by atoms with Crippen LogP contribution in [0.5, 0.6) is 0 Å². The molecule has 0 aromatic heterocycles. The second-order valence-electron chi connectivity index (χ2n) is 1.58. The van der Waals surface area contributed by atoms with Crippen LogP contribution in [-0.4, -0.2) is 17.9 Å². The van der Waals surface area contributed by atoms with Crippen LogP contribution in [0.2, 0.25) is 0 Å². The zero-order valence-corrected chi connectivity index (χ0v) is 5.04.